The van der Waals surface area contributed by atoms with E-state index in [1.54, 1.807) is 6.26 Å². The van der Waals surface area contributed by atoms with E-state index in [-0.39, 0.29) is 6.04 Å². The van der Waals surface area contributed by atoms with Crippen molar-refractivity contribution < 1.29 is 9.15 Å². The lowest BCUT2D eigenvalue weighted by Crippen LogP contribution is -2.17. The molecule has 0 bridgehead atoms. The van der Waals surface area contributed by atoms with Crippen LogP contribution in [0.25, 0.3) is 0 Å². The van der Waals surface area contributed by atoms with Crippen molar-refractivity contribution in [3.8, 4) is 5.75 Å². The molecule has 0 aliphatic rings. The van der Waals surface area contributed by atoms with Crippen LogP contribution in [0.1, 0.15) is 44.1 Å². The summed E-state index contributed by atoms with van der Waals surface area (Å²) in [5, 5.41) is 3.44. The van der Waals surface area contributed by atoms with Gasteiger partial charge in [-0.25, -0.2) is 0 Å². The van der Waals surface area contributed by atoms with Crippen molar-refractivity contribution in [1.29, 1.82) is 0 Å². The number of rotatable bonds is 8. The fourth-order valence-electron chi connectivity index (χ4n) is 1.95. The number of hydrogen-bond donors (Lipinski definition) is 1. The van der Waals surface area contributed by atoms with Gasteiger partial charge in [-0.3, -0.25) is 0 Å². The topological polar surface area (TPSA) is 34.4 Å². The molecule has 3 heteroatoms. The number of nitrogens with one attached hydrogen (secondary N) is 1. The number of unbranched alkanes of at least 4 members (excludes halogenated alkanes) is 1. The molecule has 2 aromatic rings. The van der Waals surface area contributed by atoms with Crippen LogP contribution in [0.3, 0.4) is 0 Å². The SMILES string of the molecule is CCCCOc1ccc(CN[C@@H](C)c2ccco2)cc1. The maximum Gasteiger partial charge on any atom is 0.120 e. The Kier molecular flexibility index (Phi) is 5.69. The van der Waals surface area contributed by atoms with Gasteiger partial charge < -0.3 is 14.5 Å². The molecule has 0 unspecified atom stereocenters. The van der Waals surface area contributed by atoms with E-state index in [0.717, 1.165) is 37.5 Å². The molecule has 1 aromatic carbocycles. The van der Waals surface area contributed by atoms with Gasteiger partial charge in [0.1, 0.15) is 11.5 Å². The van der Waals surface area contributed by atoms with E-state index in [1.807, 2.05) is 24.3 Å². The second kappa shape index (κ2) is 7.75. The standard InChI is InChI=1S/C17H23NO2/c1-3-4-11-19-16-9-7-15(8-10-16)13-18-14(2)17-6-5-12-20-17/h5-10,12,14,18H,3-4,11,13H2,1-2H3/t14-/m0/s1. The molecule has 0 aliphatic heterocycles. The van der Waals surface area contributed by atoms with E-state index in [2.05, 4.69) is 31.3 Å². The van der Waals surface area contributed by atoms with Gasteiger partial charge in [-0.15, -0.1) is 0 Å². The van der Waals surface area contributed by atoms with Crippen molar-refractivity contribution in [2.75, 3.05) is 6.61 Å². The summed E-state index contributed by atoms with van der Waals surface area (Å²) < 4.78 is 11.0. The van der Waals surface area contributed by atoms with Crippen LogP contribution >= 0.6 is 0 Å². The van der Waals surface area contributed by atoms with Gasteiger partial charge in [0.2, 0.25) is 0 Å². The lowest BCUT2D eigenvalue weighted by molar-refractivity contribution is 0.309. The quantitative estimate of drug-likeness (QED) is 0.728. The summed E-state index contributed by atoms with van der Waals surface area (Å²) in [5.41, 5.74) is 1.24. The molecule has 0 saturated carbocycles. The van der Waals surface area contributed by atoms with Crippen LogP contribution in [-0.4, -0.2) is 6.61 Å². The van der Waals surface area contributed by atoms with Crippen LogP contribution in [-0.2, 0) is 6.54 Å². The molecule has 0 radical (unpaired) electrons. The summed E-state index contributed by atoms with van der Waals surface area (Å²) in [6, 6.07) is 12.4. The molecule has 20 heavy (non-hydrogen) atoms. The average Bonchev–Trinajstić information content (AvgIpc) is 3.01. The van der Waals surface area contributed by atoms with Crippen LogP contribution < -0.4 is 10.1 Å². The third-order valence-electron chi connectivity index (χ3n) is 3.27. The number of ether oxygens (including phenoxy) is 1. The summed E-state index contributed by atoms with van der Waals surface area (Å²) in [4.78, 5) is 0. The van der Waals surface area contributed by atoms with Crippen LogP contribution in [0.15, 0.2) is 47.1 Å². The van der Waals surface area contributed by atoms with Crippen molar-refractivity contribution in [3.63, 3.8) is 0 Å². The van der Waals surface area contributed by atoms with Gasteiger partial charge in [0.15, 0.2) is 0 Å². The molecule has 1 heterocycles. The second-order valence-electron chi connectivity index (χ2n) is 4.96. The molecule has 0 fully saturated rings. The van der Waals surface area contributed by atoms with Gasteiger partial charge in [-0.2, -0.15) is 0 Å². The van der Waals surface area contributed by atoms with E-state index < -0.39 is 0 Å². The molecule has 3 nitrogen and oxygen atoms in total. The van der Waals surface area contributed by atoms with Crippen LogP contribution in [0.4, 0.5) is 0 Å². The highest BCUT2D eigenvalue weighted by atomic mass is 16.5. The summed E-state index contributed by atoms with van der Waals surface area (Å²) in [6.45, 7) is 5.88. The smallest absolute Gasteiger partial charge is 0.120 e. The fourth-order valence-corrected chi connectivity index (χ4v) is 1.95. The van der Waals surface area contributed by atoms with Gasteiger partial charge in [-0.1, -0.05) is 25.5 Å². The molecular weight excluding hydrogens is 250 g/mol. The third-order valence-corrected chi connectivity index (χ3v) is 3.27. The zero-order valence-corrected chi connectivity index (χ0v) is 12.3. The Balaban J connectivity index is 1.78. The molecule has 0 amide bonds. The maximum absolute atomic E-state index is 5.65. The summed E-state index contributed by atoms with van der Waals surface area (Å²) in [6.07, 6.45) is 3.96. The van der Waals surface area contributed by atoms with Crippen molar-refractivity contribution in [2.45, 2.75) is 39.3 Å². The van der Waals surface area contributed by atoms with Gasteiger partial charge in [0, 0.05) is 6.54 Å². The predicted octanol–water partition coefficient (Wildman–Crippen LogP) is 4.31. The molecule has 1 aromatic heterocycles. The molecule has 2 rings (SSSR count). The zero-order valence-electron chi connectivity index (χ0n) is 12.3. The first-order chi connectivity index (χ1) is 9.79. The van der Waals surface area contributed by atoms with E-state index >= 15 is 0 Å². The Morgan fingerprint density at radius 3 is 2.65 bits per heavy atom. The van der Waals surface area contributed by atoms with Crippen molar-refractivity contribution in [1.82, 2.24) is 5.32 Å². The zero-order chi connectivity index (χ0) is 14.2. The lowest BCUT2D eigenvalue weighted by Gasteiger charge is -2.12. The number of furan rings is 1. The van der Waals surface area contributed by atoms with E-state index in [0.29, 0.717) is 0 Å². The third kappa shape index (κ3) is 4.42. The van der Waals surface area contributed by atoms with Gasteiger partial charge in [-0.05, 0) is 43.2 Å². The largest absolute Gasteiger partial charge is 0.494 e. The van der Waals surface area contributed by atoms with E-state index in [4.69, 9.17) is 9.15 Å². The highest BCUT2D eigenvalue weighted by Crippen LogP contribution is 2.15. The van der Waals surface area contributed by atoms with Crippen molar-refractivity contribution >= 4 is 0 Å². The Morgan fingerprint density at radius 1 is 1.20 bits per heavy atom. The average molecular weight is 273 g/mol. The first-order valence-corrected chi connectivity index (χ1v) is 7.28. The Hall–Kier alpha value is -1.74. The summed E-state index contributed by atoms with van der Waals surface area (Å²) in [5.74, 6) is 1.91. The highest BCUT2D eigenvalue weighted by Gasteiger charge is 2.07. The fraction of sp³-hybridized carbons (Fsp3) is 0.412. The van der Waals surface area contributed by atoms with Gasteiger partial charge in [0.05, 0.1) is 18.9 Å². The molecule has 0 aliphatic carbocycles. The minimum absolute atomic E-state index is 0.213. The minimum Gasteiger partial charge on any atom is -0.494 e. The van der Waals surface area contributed by atoms with E-state index in [9.17, 15) is 0 Å². The summed E-state index contributed by atoms with van der Waals surface area (Å²) in [7, 11) is 0. The first kappa shape index (κ1) is 14.7. The molecular formula is C17H23NO2. The minimum atomic E-state index is 0.213. The Bertz CT molecular complexity index is 476. The van der Waals surface area contributed by atoms with Crippen molar-refractivity contribution in [3.05, 3.63) is 54.0 Å². The molecule has 1 atom stereocenters. The van der Waals surface area contributed by atoms with Crippen molar-refractivity contribution in [2.24, 2.45) is 0 Å². The molecule has 0 spiro atoms. The predicted molar refractivity (Wildman–Crippen MR) is 80.8 cm³/mol. The molecule has 0 saturated heterocycles. The van der Waals surface area contributed by atoms with Gasteiger partial charge >= 0.3 is 0 Å². The maximum atomic E-state index is 5.65. The Labute approximate surface area is 121 Å². The summed E-state index contributed by atoms with van der Waals surface area (Å²) >= 11 is 0. The highest BCUT2D eigenvalue weighted by molar-refractivity contribution is 5.27. The lowest BCUT2D eigenvalue weighted by atomic mass is 10.2. The van der Waals surface area contributed by atoms with Gasteiger partial charge in [0.25, 0.3) is 0 Å². The Morgan fingerprint density at radius 2 is 2.00 bits per heavy atom. The molecule has 108 valence electrons. The first-order valence-electron chi connectivity index (χ1n) is 7.28. The van der Waals surface area contributed by atoms with Crippen LogP contribution in [0.5, 0.6) is 5.75 Å². The normalized spacial score (nSPS) is 12.3. The number of hydrogen-bond acceptors (Lipinski definition) is 3. The monoisotopic (exact) mass is 273 g/mol. The van der Waals surface area contributed by atoms with Crippen LogP contribution in [0.2, 0.25) is 0 Å². The van der Waals surface area contributed by atoms with Crippen LogP contribution in [0, 0.1) is 0 Å². The second-order valence-corrected chi connectivity index (χ2v) is 4.96. The van der Waals surface area contributed by atoms with E-state index in [1.165, 1.54) is 5.56 Å². The molecule has 1 N–H and O–H groups in total. The number of benzene rings is 1.